The number of carbonyl (C=O) groups is 3. The first-order valence-electron chi connectivity index (χ1n) is 13.9. The molecule has 0 bridgehead atoms. The fourth-order valence-corrected chi connectivity index (χ4v) is 5.13. The van der Waals surface area contributed by atoms with E-state index in [2.05, 4.69) is 10.6 Å². The quantitative estimate of drug-likeness (QED) is 0.419. The molecular formula is C29H45N3O5. The molecule has 2 fully saturated rings. The Balaban J connectivity index is 1.95. The summed E-state index contributed by atoms with van der Waals surface area (Å²) >= 11 is 0. The van der Waals surface area contributed by atoms with Gasteiger partial charge in [-0.2, -0.15) is 0 Å². The van der Waals surface area contributed by atoms with Crippen molar-refractivity contribution in [2.75, 3.05) is 0 Å². The van der Waals surface area contributed by atoms with E-state index in [0.717, 1.165) is 44.9 Å². The topological polar surface area (TPSA) is 108 Å². The lowest BCUT2D eigenvalue weighted by Gasteiger charge is -2.44. The van der Waals surface area contributed by atoms with Crippen LogP contribution in [-0.2, 0) is 14.3 Å². The fraction of sp³-hybridized carbons (Fsp3) is 0.690. The smallest absolute Gasteiger partial charge is 0.408 e. The van der Waals surface area contributed by atoms with E-state index < -0.39 is 23.8 Å². The Hall–Kier alpha value is -2.77. The molecule has 0 spiro atoms. The molecule has 0 aliphatic heterocycles. The van der Waals surface area contributed by atoms with Crippen molar-refractivity contribution in [3.63, 3.8) is 0 Å². The molecule has 0 aromatic heterocycles. The minimum Gasteiger partial charge on any atom is -0.508 e. The first-order valence-corrected chi connectivity index (χ1v) is 13.9. The van der Waals surface area contributed by atoms with Crippen molar-refractivity contribution in [3.8, 4) is 5.75 Å². The minimum atomic E-state index is -0.851. The monoisotopic (exact) mass is 515 g/mol. The van der Waals surface area contributed by atoms with Crippen LogP contribution in [0.3, 0.4) is 0 Å². The molecule has 2 unspecified atom stereocenters. The fourth-order valence-electron chi connectivity index (χ4n) is 5.13. The average Bonchev–Trinajstić information content (AvgIpc) is 2.77. The summed E-state index contributed by atoms with van der Waals surface area (Å²) in [7, 11) is 0. The second kappa shape index (κ2) is 12.7. The maximum Gasteiger partial charge on any atom is 0.408 e. The Kier molecular flexibility index (Phi) is 9.85. The number of aromatic hydroxyl groups is 1. The third-order valence-corrected chi connectivity index (χ3v) is 7.11. The Labute approximate surface area is 221 Å². The highest BCUT2D eigenvalue weighted by molar-refractivity contribution is 5.92. The van der Waals surface area contributed by atoms with Crippen LogP contribution in [0.2, 0.25) is 0 Å². The van der Waals surface area contributed by atoms with Crippen LogP contribution in [0.5, 0.6) is 5.75 Å². The molecule has 3 N–H and O–H groups in total. The summed E-state index contributed by atoms with van der Waals surface area (Å²) in [5, 5.41) is 15.9. The number of hydrogen-bond donors (Lipinski definition) is 3. The van der Waals surface area contributed by atoms with Gasteiger partial charge < -0.3 is 25.4 Å². The van der Waals surface area contributed by atoms with Crippen molar-refractivity contribution in [1.82, 2.24) is 15.5 Å². The number of ether oxygens (including phenoxy) is 1. The highest BCUT2D eigenvalue weighted by Crippen LogP contribution is 2.35. The predicted molar refractivity (Wildman–Crippen MR) is 143 cm³/mol. The molecule has 0 saturated heterocycles. The predicted octanol–water partition coefficient (Wildman–Crippen LogP) is 5.20. The maximum absolute atomic E-state index is 14.2. The van der Waals surface area contributed by atoms with Crippen LogP contribution >= 0.6 is 0 Å². The maximum atomic E-state index is 14.2. The number of nitrogens with zero attached hydrogens (tertiary/aromatic N) is 1. The summed E-state index contributed by atoms with van der Waals surface area (Å²) in [5.74, 6) is -0.254. The zero-order valence-corrected chi connectivity index (χ0v) is 23.1. The van der Waals surface area contributed by atoms with Gasteiger partial charge in [0.25, 0.3) is 0 Å². The average molecular weight is 516 g/mol. The number of amides is 3. The van der Waals surface area contributed by atoms with Crippen LogP contribution in [0.15, 0.2) is 24.3 Å². The molecule has 3 rings (SSSR count). The Morgan fingerprint density at radius 1 is 1.00 bits per heavy atom. The molecule has 1 aromatic carbocycles. The van der Waals surface area contributed by atoms with Crippen molar-refractivity contribution >= 4 is 17.9 Å². The van der Waals surface area contributed by atoms with Gasteiger partial charge in [0.05, 0.1) is 0 Å². The number of phenolic OH excluding ortho intramolecular Hbond substituents is 1. The van der Waals surface area contributed by atoms with Gasteiger partial charge in [0.2, 0.25) is 11.8 Å². The van der Waals surface area contributed by atoms with Gasteiger partial charge in [-0.3, -0.25) is 9.59 Å². The standard InChI is InChI=1S/C29H45N3O5/c1-19(2)18-24(31-28(36)37-29(3,4)5)27(35)32(22-12-9-13-22)25(20-14-16-23(33)17-15-20)26(34)30-21-10-7-6-8-11-21/h14-17,19,21-22,24-25,33H,6-13,18H2,1-5H3,(H,30,34)(H,31,36). The van der Waals surface area contributed by atoms with Crippen LogP contribution < -0.4 is 10.6 Å². The number of nitrogens with one attached hydrogen (secondary N) is 2. The summed E-state index contributed by atoms with van der Waals surface area (Å²) in [6.45, 7) is 9.34. The molecule has 8 heteroatoms. The second-order valence-corrected chi connectivity index (χ2v) is 12.0. The lowest BCUT2D eigenvalue weighted by molar-refractivity contribution is -0.148. The van der Waals surface area contributed by atoms with Crippen molar-refractivity contribution in [2.24, 2.45) is 5.92 Å². The third kappa shape index (κ3) is 8.37. The lowest BCUT2D eigenvalue weighted by atomic mass is 9.87. The molecule has 8 nitrogen and oxygen atoms in total. The molecule has 1 aromatic rings. The number of rotatable bonds is 9. The van der Waals surface area contributed by atoms with Crippen molar-refractivity contribution in [3.05, 3.63) is 29.8 Å². The third-order valence-electron chi connectivity index (χ3n) is 7.11. The number of alkyl carbamates (subject to hydrolysis) is 1. The van der Waals surface area contributed by atoms with Crippen LogP contribution in [0.4, 0.5) is 4.79 Å². The van der Waals surface area contributed by atoms with Crippen molar-refractivity contribution in [2.45, 2.75) is 122 Å². The Bertz CT molecular complexity index is 914. The van der Waals surface area contributed by atoms with Crippen molar-refractivity contribution < 1.29 is 24.2 Å². The summed E-state index contributed by atoms with van der Waals surface area (Å²) in [6.07, 6.45) is 7.57. The first kappa shape index (κ1) is 28.8. The summed E-state index contributed by atoms with van der Waals surface area (Å²) in [5.41, 5.74) is -0.0515. The lowest BCUT2D eigenvalue weighted by Crippen LogP contribution is -2.58. The normalized spacial score (nSPS) is 18.4. The Morgan fingerprint density at radius 3 is 2.14 bits per heavy atom. The molecule has 2 aliphatic rings. The van der Waals surface area contributed by atoms with E-state index in [4.69, 9.17) is 4.74 Å². The number of carbonyl (C=O) groups excluding carboxylic acids is 3. The molecule has 2 atom stereocenters. The van der Waals surface area contributed by atoms with E-state index in [1.807, 2.05) is 13.8 Å². The first-order chi connectivity index (χ1) is 17.4. The Morgan fingerprint density at radius 2 is 1.62 bits per heavy atom. The van der Waals surface area contributed by atoms with E-state index in [0.29, 0.717) is 12.0 Å². The van der Waals surface area contributed by atoms with E-state index in [1.165, 1.54) is 6.42 Å². The van der Waals surface area contributed by atoms with E-state index >= 15 is 0 Å². The van der Waals surface area contributed by atoms with Gasteiger partial charge in [0, 0.05) is 12.1 Å². The van der Waals surface area contributed by atoms with Crippen LogP contribution in [0.25, 0.3) is 0 Å². The van der Waals surface area contributed by atoms with Gasteiger partial charge in [0.15, 0.2) is 0 Å². The van der Waals surface area contributed by atoms with Gasteiger partial charge in [-0.05, 0) is 82.9 Å². The molecule has 0 heterocycles. The number of hydrogen-bond acceptors (Lipinski definition) is 5. The van der Waals surface area contributed by atoms with Crippen molar-refractivity contribution in [1.29, 1.82) is 0 Å². The molecule has 0 radical (unpaired) electrons. The van der Waals surface area contributed by atoms with E-state index in [-0.39, 0.29) is 35.6 Å². The minimum absolute atomic E-state index is 0.0885. The molecule has 2 saturated carbocycles. The molecule has 37 heavy (non-hydrogen) atoms. The second-order valence-electron chi connectivity index (χ2n) is 12.0. The van der Waals surface area contributed by atoms with Gasteiger partial charge in [-0.1, -0.05) is 45.2 Å². The summed E-state index contributed by atoms with van der Waals surface area (Å²) in [4.78, 5) is 42.5. The van der Waals surface area contributed by atoms with Gasteiger partial charge in [0.1, 0.15) is 23.4 Å². The largest absolute Gasteiger partial charge is 0.508 e. The zero-order valence-electron chi connectivity index (χ0n) is 23.1. The van der Waals surface area contributed by atoms with Gasteiger partial charge in [-0.25, -0.2) is 4.79 Å². The van der Waals surface area contributed by atoms with E-state index in [9.17, 15) is 19.5 Å². The molecular weight excluding hydrogens is 470 g/mol. The molecule has 2 aliphatic carbocycles. The summed E-state index contributed by atoms with van der Waals surface area (Å²) < 4.78 is 5.46. The molecule has 206 valence electrons. The van der Waals surface area contributed by atoms with Crippen LogP contribution in [0, 0.1) is 5.92 Å². The SMILES string of the molecule is CC(C)CC(NC(=O)OC(C)(C)C)C(=O)N(C1CCC1)C(C(=O)NC1CCCCC1)c1ccc(O)cc1. The van der Waals surface area contributed by atoms with Gasteiger partial charge >= 0.3 is 6.09 Å². The van der Waals surface area contributed by atoms with Gasteiger partial charge in [-0.15, -0.1) is 0 Å². The highest BCUT2D eigenvalue weighted by atomic mass is 16.6. The highest BCUT2D eigenvalue weighted by Gasteiger charge is 2.42. The van der Waals surface area contributed by atoms with Crippen LogP contribution in [-0.4, -0.2) is 51.6 Å². The molecule has 3 amide bonds. The van der Waals surface area contributed by atoms with Crippen LogP contribution in [0.1, 0.15) is 104 Å². The zero-order chi connectivity index (χ0) is 27.2. The van der Waals surface area contributed by atoms with E-state index in [1.54, 1.807) is 49.9 Å². The summed E-state index contributed by atoms with van der Waals surface area (Å²) in [6, 6.07) is 4.82. The number of benzene rings is 1. The number of phenols is 1.